The van der Waals surface area contributed by atoms with Gasteiger partial charge in [0.2, 0.25) is 23.1 Å². The molecule has 0 N–H and O–H groups in total. The molecule has 0 saturated heterocycles. The summed E-state index contributed by atoms with van der Waals surface area (Å²) in [6.45, 7) is 0. The Morgan fingerprint density at radius 2 is 1.36 bits per heavy atom. The van der Waals surface area contributed by atoms with E-state index in [9.17, 15) is 23.6 Å². The summed E-state index contributed by atoms with van der Waals surface area (Å²) in [5, 5.41) is 0. The van der Waals surface area contributed by atoms with E-state index in [1.165, 1.54) is 42.5 Å². The highest BCUT2D eigenvalue weighted by Crippen LogP contribution is 2.26. The van der Waals surface area contributed by atoms with Crippen molar-refractivity contribution in [1.82, 2.24) is 0 Å². The van der Waals surface area contributed by atoms with Gasteiger partial charge in [-0.05, 0) is 29.7 Å². The van der Waals surface area contributed by atoms with Gasteiger partial charge in [0.25, 0.3) is 0 Å². The number of carbonyl (C=O) groups excluding carboxylic acids is 4. The molecule has 0 unspecified atom stereocenters. The van der Waals surface area contributed by atoms with Crippen LogP contribution >= 0.6 is 0 Å². The zero-order valence-corrected chi connectivity index (χ0v) is 13.1. The van der Waals surface area contributed by atoms with Gasteiger partial charge < -0.3 is 0 Å². The van der Waals surface area contributed by atoms with Crippen LogP contribution in [-0.4, -0.2) is 23.1 Å². The van der Waals surface area contributed by atoms with E-state index < -0.39 is 40.4 Å². The molecule has 0 spiro atoms. The first kappa shape index (κ1) is 16.6. The first-order valence-electron chi connectivity index (χ1n) is 7.65. The third kappa shape index (κ3) is 3.21. The molecule has 0 aromatic heterocycles. The maximum absolute atomic E-state index is 12.9. The Balaban J connectivity index is 1.89. The predicted octanol–water partition coefficient (Wildman–Crippen LogP) is 2.37. The predicted molar refractivity (Wildman–Crippen MR) is 87.4 cm³/mol. The van der Waals surface area contributed by atoms with Crippen molar-refractivity contribution >= 4 is 23.1 Å². The Bertz CT molecular complexity index is 865. The molecule has 0 aliphatic heterocycles. The lowest BCUT2D eigenvalue weighted by atomic mass is 9.77. The monoisotopic (exact) mass is 336 g/mol. The van der Waals surface area contributed by atoms with Gasteiger partial charge in [0.1, 0.15) is 11.7 Å². The fourth-order valence-electron chi connectivity index (χ4n) is 2.72. The van der Waals surface area contributed by atoms with E-state index in [1.54, 1.807) is 18.2 Å². The fourth-order valence-corrected chi connectivity index (χ4v) is 2.72. The molecule has 5 heteroatoms. The summed E-state index contributed by atoms with van der Waals surface area (Å²) in [4.78, 5) is 49.2. The van der Waals surface area contributed by atoms with E-state index in [1.807, 2.05) is 0 Å². The topological polar surface area (TPSA) is 68.3 Å². The van der Waals surface area contributed by atoms with Gasteiger partial charge in [0, 0.05) is 0 Å². The van der Waals surface area contributed by atoms with Gasteiger partial charge in [-0.3, -0.25) is 19.2 Å². The van der Waals surface area contributed by atoms with Crippen molar-refractivity contribution in [2.75, 3.05) is 0 Å². The van der Waals surface area contributed by atoms with Crippen molar-refractivity contribution in [1.29, 1.82) is 0 Å². The number of hydrogen-bond acceptors (Lipinski definition) is 4. The number of halogens is 1. The lowest BCUT2D eigenvalue weighted by Gasteiger charge is -2.19. The van der Waals surface area contributed by atoms with E-state index >= 15 is 0 Å². The molecule has 0 amide bonds. The molecule has 3 rings (SSSR count). The second-order valence-corrected chi connectivity index (χ2v) is 5.68. The van der Waals surface area contributed by atoms with Crippen LogP contribution in [0.15, 0.2) is 66.2 Å². The molecule has 2 aromatic rings. The summed E-state index contributed by atoms with van der Waals surface area (Å²) in [6.07, 6.45) is 1.40. The highest BCUT2D eigenvalue weighted by atomic mass is 19.1. The SMILES string of the molecule is O=C1C(=O)C(c2ccccc2)C(=O)C(=O)C1=CCc1ccc(F)cc1. The van der Waals surface area contributed by atoms with Crippen molar-refractivity contribution in [3.63, 3.8) is 0 Å². The number of Topliss-reactive ketones (excluding diaryl/α,β-unsaturated/α-hetero) is 4. The quantitative estimate of drug-likeness (QED) is 0.373. The lowest BCUT2D eigenvalue weighted by molar-refractivity contribution is -0.146. The van der Waals surface area contributed by atoms with Crippen LogP contribution < -0.4 is 0 Å². The maximum Gasteiger partial charge on any atom is 0.233 e. The summed E-state index contributed by atoms with van der Waals surface area (Å²) < 4.78 is 12.9. The van der Waals surface area contributed by atoms with Crippen molar-refractivity contribution in [2.45, 2.75) is 12.3 Å². The number of hydrogen-bond donors (Lipinski definition) is 0. The summed E-state index contributed by atoms with van der Waals surface area (Å²) in [6, 6.07) is 13.5. The van der Waals surface area contributed by atoms with E-state index in [4.69, 9.17) is 0 Å². The fraction of sp³-hybridized carbons (Fsp3) is 0.100. The Morgan fingerprint density at radius 3 is 1.92 bits per heavy atom. The molecule has 1 aliphatic rings. The molecular weight excluding hydrogens is 323 g/mol. The summed E-state index contributed by atoms with van der Waals surface area (Å²) in [5.74, 6) is -5.50. The van der Waals surface area contributed by atoms with E-state index in [0.717, 1.165) is 0 Å². The second kappa shape index (κ2) is 6.73. The highest BCUT2D eigenvalue weighted by molar-refractivity contribution is 6.69. The zero-order valence-electron chi connectivity index (χ0n) is 13.1. The standard InChI is InChI=1S/C20H13FO4/c21-14-9-6-12(7-10-14)8-11-15-17(22)19(24)16(20(25)18(15)23)13-4-2-1-3-5-13/h1-7,9-11,16H,8H2. The van der Waals surface area contributed by atoms with Crippen LogP contribution in [0, 0.1) is 5.82 Å². The van der Waals surface area contributed by atoms with Gasteiger partial charge in [0.05, 0.1) is 5.57 Å². The molecule has 0 bridgehead atoms. The summed E-state index contributed by atoms with van der Waals surface area (Å²) in [5.41, 5.74) is 0.572. The van der Waals surface area contributed by atoms with Crippen LogP contribution in [0.1, 0.15) is 17.0 Å². The molecular formula is C20H13FO4. The summed E-state index contributed by atoms with van der Waals surface area (Å²) in [7, 11) is 0. The molecule has 0 atom stereocenters. The minimum atomic E-state index is -1.37. The molecule has 25 heavy (non-hydrogen) atoms. The van der Waals surface area contributed by atoms with Crippen LogP contribution in [0.4, 0.5) is 4.39 Å². The Hall–Kier alpha value is -3.21. The minimum absolute atomic E-state index is 0.143. The van der Waals surface area contributed by atoms with Crippen molar-refractivity contribution < 1.29 is 23.6 Å². The molecule has 2 aromatic carbocycles. The average Bonchev–Trinajstić information content (AvgIpc) is 2.63. The Labute approximate surface area is 143 Å². The van der Waals surface area contributed by atoms with Crippen molar-refractivity contribution in [2.24, 2.45) is 0 Å². The molecule has 1 fully saturated rings. The normalized spacial score (nSPS) is 17.8. The van der Waals surface area contributed by atoms with Gasteiger partial charge in [-0.1, -0.05) is 48.5 Å². The van der Waals surface area contributed by atoms with Crippen molar-refractivity contribution in [3.05, 3.63) is 83.2 Å². The van der Waals surface area contributed by atoms with E-state index in [-0.39, 0.29) is 6.42 Å². The van der Waals surface area contributed by atoms with Gasteiger partial charge in [-0.15, -0.1) is 0 Å². The van der Waals surface area contributed by atoms with Crippen LogP contribution in [0.5, 0.6) is 0 Å². The third-order valence-corrected chi connectivity index (χ3v) is 4.05. The largest absolute Gasteiger partial charge is 0.289 e. The maximum atomic E-state index is 12.9. The van der Waals surface area contributed by atoms with Crippen LogP contribution in [0.2, 0.25) is 0 Å². The molecule has 124 valence electrons. The number of benzene rings is 2. The molecule has 1 aliphatic carbocycles. The number of rotatable bonds is 3. The van der Waals surface area contributed by atoms with E-state index in [0.29, 0.717) is 11.1 Å². The molecule has 1 saturated carbocycles. The first-order chi connectivity index (χ1) is 12.0. The Morgan fingerprint density at radius 1 is 0.800 bits per heavy atom. The second-order valence-electron chi connectivity index (χ2n) is 5.68. The zero-order chi connectivity index (χ0) is 18.0. The Kier molecular flexibility index (Phi) is 4.48. The molecule has 0 heterocycles. The van der Waals surface area contributed by atoms with Gasteiger partial charge in [-0.2, -0.15) is 0 Å². The number of carbonyl (C=O) groups is 4. The van der Waals surface area contributed by atoms with Crippen LogP contribution in [0.3, 0.4) is 0 Å². The van der Waals surface area contributed by atoms with Crippen molar-refractivity contribution in [3.8, 4) is 0 Å². The van der Waals surface area contributed by atoms with E-state index in [2.05, 4.69) is 0 Å². The highest BCUT2D eigenvalue weighted by Gasteiger charge is 2.45. The molecule has 4 nitrogen and oxygen atoms in total. The molecule has 0 radical (unpaired) electrons. The summed E-state index contributed by atoms with van der Waals surface area (Å²) >= 11 is 0. The van der Waals surface area contributed by atoms with Gasteiger partial charge in [-0.25, -0.2) is 4.39 Å². The average molecular weight is 336 g/mol. The number of ketones is 4. The third-order valence-electron chi connectivity index (χ3n) is 4.05. The minimum Gasteiger partial charge on any atom is -0.289 e. The first-order valence-corrected chi connectivity index (χ1v) is 7.65. The van der Waals surface area contributed by atoms with Gasteiger partial charge >= 0.3 is 0 Å². The van der Waals surface area contributed by atoms with Crippen LogP contribution in [0.25, 0.3) is 0 Å². The van der Waals surface area contributed by atoms with Gasteiger partial charge in [0.15, 0.2) is 0 Å². The smallest absolute Gasteiger partial charge is 0.233 e. The number of allylic oxidation sites excluding steroid dienone is 2. The lowest BCUT2D eigenvalue weighted by Crippen LogP contribution is -2.42. The van der Waals surface area contributed by atoms with Crippen LogP contribution in [-0.2, 0) is 25.6 Å².